The summed E-state index contributed by atoms with van der Waals surface area (Å²) in [6.45, 7) is 2.76. The molecule has 0 radical (unpaired) electrons. The Morgan fingerprint density at radius 3 is 2.89 bits per heavy atom. The van der Waals surface area contributed by atoms with Gasteiger partial charge in [-0.05, 0) is 55.6 Å². The highest BCUT2D eigenvalue weighted by Crippen LogP contribution is 2.32. The van der Waals surface area contributed by atoms with E-state index in [4.69, 9.17) is 0 Å². The number of benzene rings is 1. The van der Waals surface area contributed by atoms with Crippen molar-refractivity contribution in [3.05, 3.63) is 46.2 Å². The van der Waals surface area contributed by atoms with Crippen LogP contribution < -0.4 is 10.6 Å². The van der Waals surface area contributed by atoms with Gasteiger partial charge in [-0.3, -0.25) is 14.5 Å². The maximum atomic E-state index is 12.7. The van der Waals surface area contributed by atoms with E-state index < -0.39 is 0 Å². The number of thioether (sulfide) groups is 1. The first-order valence-corrected chi connectivity index (χ1v) is 11.2. The van der Waals surface area contributed by atoms with E-state index in [2.05, 4.69) is 33.0 Å². The van der Waals surface area contributed by atoms with E-state index in [9.17, 15) is 9.59 Å². The zero-order valence-corrected chi connectivity index (χ0v) is 16.7. The molecule has 2 amide bonds. The number of nitrogens with one attached hydrogen (secondary N) is 2. The van der Waals surface area contributed by atoms with Gasteiger partial charge in [0, 0.05) is 34.1 Å². The van der Waals surface area contributed by atoms with Gasteiger partial charge in [0.25, 0.3) is 5.91 Å². The average molecular weight is 402 g/mol. The third-order valence-electron chi connectivity index (χ3n) is 5.01. The highest BCUT2D eigenvalue weighted by Gasteiger charge is 2.25. The van der Waals surface area contributed by atoms with Crippen LogP contribution in [0, 0.1) is 0 Å². The second kappa shape index (κ2) is 8.46. The Bertz CT molecular complexity index is 817. The van der Waals surface area contributed by atoms with Crippen LogP contribution in [0.25, 0.3) is 0 Å². The number of carbonyl (C=O) groups is 2. The number of nitrogens with zero attached hydrogens (tertiary/aromatic N) is 1. The summed E-state index contributed by atoms with van der Waals surface area (Å²) in [6, 6.07) is 10.0. The van der Waals surface area contributed by atoms with Gasteiger partial charge in [0.15, 0.2) is 0 Å². The molecule has 1 fully saturated rings. The summed E-state index contributed by atoms with van der Waals surface area (Å²) < 4.78 is 0. The Morgan fingerprint density at radius 1 is 1.26 bits per heavy atom. The van der Waals surface area contributed by atoms with E-state index in [1.165, 1.54) is 17.7 Å². The smallest absolute Gasteiger partial charge is 0.251 e. The van der Waals surface area contributed by atoms with Crippen LogP contribution in [0.1, 0.15) is 40.5 Å². The molecule has 1 saturated heterocycles. The van der Waals surface area contributed by atoms with Crippen LogP contribution >= 0.6 is 23.1 Å². The number of anilines is 1. The van der Waals surface area contributed by atoms with Crippen LogP contribution in [0.2, 0.25) is 0 Å². The maximum Gasteiger partial charge on any atom is 0.251 e. The molecule has 0 aliphatic carbocycles. The lowest BCUT2D eigenvalue weighted by atomic mass is 10.1. The van der Waals surface area contributed by atoms with Gasteiger partial charge in [-0.2, -0.15) is 0 Å². The quantitative estimate of drug-likeness (QED) is 0.801. The molecule has 142 valence electrons. The molecule has 0 spiro atoms. The van der Waals surface area contributed by atoms with Crippen molar-refractivity contribution in [3.63, 3.8) is 0 Å². The fourth-order valence-electron chi connectivity index (χ4n) is 3.60. The number of thiophene rings is 1. The zero-order valence-electron chi connectivity index (χ0n) is 15.1. The normalized spacial score (nSPS) is 18.4. The van der Waals surface area contributed by atoms with Gasteiger partial charge in [-0.15, -0.1) is 23.1 Å². The highest BCUT2D eigenvalue weighted by molar-refractivity contribution is 7.99. The number of hydrogen-bond acceptors (Lipinski definition) is 5. The molecular formula is C20H23N3O2S2. The van der Waals surface area contributed by atoms with Gasteiger partial charge in [0.05, 0.1) is 11.7 Å². The molecule has 27 heavy (non-hydrogen) atoms. The Labute approximate surface area is 167 Å². The fourth-order valence-corrected chi connectivity index (χ4v) is 5.39. The molecule has 2 N–H and O–H groups in total. The van der Waals surface area contributed by atoms with Crippen molar-refractivity contribution in [2.24, 2.45) is 0 Å². The Morgan fingerprint density at radius 2 is 2.11 bits per heavy atom. The van der Waals surface area contributed by atoms with Crippen molar-refractivity contribution in [3.8, 4) is 0 Å². The number of fused-ring (bicyclic) bond motifs is 1. The third-order valence-corrected chi connectivity index (χ3v) is 7.06. The second-order valence-electron chi connectivity index (χ2n) is 6.84. The molecule has 4 rings (SSSR count). The monoisotopic (exact) mass is 401 g/mol. The van der Waals surface area contributed by atoms with Crippen LogP contribution in [0.5, 0.6) is 0 Å². The summed E-state index contributed by atoms with van der Waals surface area (Å²) in [5, 5.41) is 8.10. The predicted molar refractivity (Wildman–Crippen MR) is 111 cm³/mol. The van der Waals surface area contributed by atoms with E-state index in [1.54, 1.807) is 29.2 Å². The minimum atomic E-state index is -0.0953. The average Bonchev–Trinajstić information content (AvgIpc) is 3.34. The summed E-state index contributed by atoms with van der Waals surface area (Å²) >= 11 is 3.39. The SMILES string of the molecule is O=C1CCSc2ccc(C(=O)NCC(c3cccs3)N3CCCC3)cc2N1. The first-order chi connectivity index (χ1) is 13.2. The lowest BCUT2D eigenvalue weighted by molar-refractivity contribution is -0.115. The van der Waals surface area contributed by atoms with Crippen molar-refractivity contribution >= 4 is 40.6 Å². The van der Waals surface area contributed by atoms with Gasteiger partial charge in [0.1, 0.15) is 0 Å². The second-order valence-corrected chi connectivity index (χ2v) is 8.96. The Balaban J connectivity index is 1.46. The molecule has 2 aliphatic heterocycles. The van der Waals surface area contributed by atoms with Gasteiger partial charge >= 0.3 is 0 Å². The molecule has 1 aromatic carbocycles. The molecule has 2 aliphatic rings. The molecule has 1 atom stereocenters. The molecule has 2 aromatic rings. The van der Waals surface area contributed by atoms with Crippen molar-refractivity contribution in [2.45, 2.75) is 30.2 Å². The van der Waals surface area contributed by atoms with E-state index >= 15 is 0 Å². The summed E-state index contributed by atoms with van der Waals surface area (Å²) in [6.07, 6.45) is 2.94. The van der Waals surface area contributed by atoms with Crippen molar-refractivity contribution < 1.29 is 9.59 Å². The van der Waals surface area contributed by atoms with Crippen LogP contribution in [0.3, 0.4) is 0 Å². The first kappa shape index (κ1) is 18.5. The Hall–Kier alpha value is -1.83. The van der Waals surface area contributed by atoms with Gasteiger partial charge in [-0.1, -0.05) is 6.07 Å². The molecule has 5 nitrogen and oxygen atoms in total. The minimum Gasteiger partial charge on any atom is -0.350 e. The van der Waals surface area contributed by atoms with Gasteiger partial charge < -0.3 is 10.6 Å². The standard InChI is InChI=1S/C20H23N3O2S2/c24-19-7-11-27-17-6-5-14(12-15(17)22-19)20(25)21-13-16(18-4-3-10-26-18)23-8-1-2-9-23/h3-6,10,12,16H,1-2,7-9,11,13H2,(H,21,25)(H,22,24). The summed E-state index contributed by atoms with van der Waals surface area (Å²) in [5.74, 6) is 0.676. The first-order valence-electron chi connectivity index (χ1n) is 9.33. The van der Waals surface area contributed by atoms with Crippen molar-refractivity contribution in [2.75, 3.05) is 30.7 Å². The van der Waals surface area contributed by atoms with Gasteiger partial charge in [-0.25, -0.2) is 0 Å². The van der Waals surface area contributed by atoms with Crippen LogP contribution in [-0.2, 0) is 4.79 Å². The van der Waals surface area contributed by atoms with E-state index in [0.717, 1.165) is 29.4 Å². The van der Waals surface area contributed by atoms with Crippen LogP contribution in [0.15, 0.2) is 40.6 Å². The zero-order chi connectivity index (χ0) is 18.6. The molecule has 0 bridgehead atoms. The maximum absolute atomic E-state index is 12.7. The molecule has 3 heterocycles. The summed E-state index contributed by atoms with van der Waals surface area (Å²) in [7, 11) is 0. The molecular weight excluding hydrogens is 378 g/mol. The van der Waals surface area contributed by atoms with E-state index in [-0.39, 0.29) is 17.9 Å². The van der Waals surface area contributed by atoms with Gasteiger partial charge in [0.2, 0.25) is 5.91 Å². The summed E-state index contributed by atoms with van der Waals surface area (Å²) in [5.41, 5.74) is 1.33. The number of amides is 2. The lowest BCUT2D eigenvalue weighted by Crippen LogP contribution is -2.36. The van der Waals surface area contributed by atoms with Crippen LogP contribution in [0.4, 0.5) is 5.69 Å². The van der Waals surface area contributed by atoms with E-state index in [0.29, 0.717) is 18.5 Å². The van der Waals surface area contributed by atoms with Crippen molar-refractivity contribution in [1.29, 1.82) is 0 Å². The topological polar surface area (TPSA) is 61.4 Å². The lowest BCUT2D eigenvalue weighted by Gasteiger charge is -2.27. The Kier molecular flexibility index (Phi) is 5.80. The minimum absolute atomic E-state index is 0.00519. The molecule has 1 aromatic heterocycles. The number of rotatable bonds is 5. The van der Waals surface area contributed by atoms with Crippen molar-refractivity contribution in [1.82, 2.24) is 10.2 Å². The van der Waals surface area contributed by atoms with Crippen LogP contribution in [-0.4, -0.2) is 42.1 Å². The summed E-state index contributed by atoms with van der Waals surface area (Å²) in [4.78, 5) is 29.3. The highest BCUT2D eigenvalue weighted by atomic mass is 32.2. The number of hydrogen-bond donors (Lipinski definition) is 2. The number of likely N-dealkylation sites (tertiary alicyclic amines) is 1. The number of carbonyl (C=O) groups excluding carboxylic acids is 2. The molecule has 0 saturated carbocycles. The molecule has 1 unspecified atom stereocenters. The third kappa shape index (κ3) is 4.36. The molecule has 7 heteroatoms. The fraction of sp³-hybridized carbons (Fsp3) is 0.400. The van der Waals surface area contributed by atoms with E-state index in [1.807, 2.05) is 12.1 Å². The largest absolute Gasteiger partial charge is 0.350 e. The predicted octanol–water partition coefficient (Wildman–Crippen LogP) is 3.75.